The fourth-order valence-corrected chi connectivity index (χ4v) is 3.69. The Morgan fingerprint density at radius 3 is 2.42 bits per heavy atom. The number of hydrogen-bond acceptors (Lipinski definition) is 4. The Hall–Kier alpha value is -3.68. The first-order chi connectivity index (χ1) is 15.9. The van der Waals surface area contributed by atoms with E-state index in [4.69, 9.17) is 16.3 Å². The molecule has 0 unspecified atom stereocenters. The number of aromatic nitrogens is 1. The van der Waals surface area contributed by atoms with Crippen LogP contribution in [0.4, 0.5) is 0 Å². The summed E-state index contributed by atoms with van der Waals surface area (Å²) in [6.45, 7) is 0. The molecule has 4 aromatic rings. The minimum atomic E-state index is -1.28. The highest BCUT2D eigenvalue weighted by atomic mass is 79.9. The number of rotatable bonds is 6. The summed E-state index contributed by atoms with van der Waals surface area (Å²) in [4.78, 5) is 28.9. The maximum atomic E-state index is 12.9. The van der Waals surface area contributed by atoms with E-state index < -0.39 is 11.9 Å². The Kier molecular flexibility index (Phi) is 6.72. The summed E-state index contributed by atoms with van der Waals surface area (Å²) in [5, 5.41) is 12.8. The van der Waals surface area contributed by atoms with Gasteiger partial charge in [-0.25, -0.2) is 9.78 Å². The second kappa shape index (κ2) is 9.85. The first kappa shape index (κ1) is 22.5. The molecule has 0 saturated carbocycles. The standard InChI is InChI=1S/C25H16BrClN2O4/c26-19-6-2-4-8-22(19)33-16-11-9-15(10-12-16)13-21(25(31)32)29-24(30)18-14-23(27)28-20-7-3-1-5-17(18)20/h1-14H,(H,29,30)(H,31,32)/b21-13+. The SMILES string of the molecule is O=C(O)/C(=C\c1ccc(Oc2ccccc2Br)cc1)NC(=O)c1cc(Cl)nc2ccccc12. The number of carbonyl (C=O) groups excluding carboxylic acids is 1. The molecule has 3 aromatic carbocycles. The van der Waals surface area contributed by atoms with Gasteiger partial charge in [0.15, 0.2) is 0 Å². The normalized spacial score (nSPS) is 11.3. The van der Waals surface area contributed by atoms with Crippen LogP contribution in [-0.4, -0.2) is 22.0 Å². The molecule has 2 N–H and O–H groups in total. The van der Waals surface area contributed by atoms with Crippen molar-refractivity contribution in [2.24, 2.45) is 0 Å². The van der Waals surface area contributed by atoms with Gasteiger partial charge in [0, 0.05) is 5.39 Å². The Labute approximate surface area is 202 Å². The highest BCUT2D eigenvalue weighted by Crippen LogP contribution is 2.29. The van der Waals surface area contributed by atoms with Gasteiger partial charge in [0.1, 0.15) is 22.3 Å². The maximum absolute atomic E-state index is 12.9. The summed E-state index contributed by atoms with van der Waals surface area (Å²) < 4.78 is 6.63. The molecule has 1 aromatic heterocycles. The number of carbonyl (C=O) groups is 2. The van der Waals surface area contributed by atoms with Crippen LogP contribution in [-0.2, 0) is 4.79 Å². The fraction of sp³-hybridized carbons (Fsp3) is 0. The highest BCUT2D eigenvalue weighted by molar-refractivity contribution is 9.10. The second-order valence-corrected chi connectivity index (χ2v) is 8.17. The lowest BCUT2D eigenvalue weighted by molar-refractivity contribution is -0.132. The number of fused-ring (bicyclic) bond motifs is 1. The third-order valence-corrected chi connectivity index (χ3v) is 5.51. The molecular weight excluding hydrogens is 508 g/mol. The molecule has 0 atom stereocenters. The molecule has 1 heterocycles. The number of hydrogen-bond donors (Lipinski definition) is 2. The first-order valence-corrected chi connectivity index (χ1v) is 10.9. The van der Waals surface area contributed by atoms with E-state index in [0.29, 0.717) is 28.0 Å². The van der Waals surface area contributed by atoms with Crippen molar-refractivity contribution in [1.29, 1.82) is 0 Å². The molecule has 0 fully saturated rings. The summed E-state index contributed by atoms with van der Waals surface area (Å²) in [6.07, 6.45) is 1.37. The molecule has 33 heavy (non-hydrogen) atoms. The molecule has 0 radical (unpaired) electrons. The van der Waals surface area contributed by atoms with Gasteiger partial charge < -0.3 is 15.2 Å². The van der Waals surface area contributed by atoms with Crippen LogP contribution in [0.25, 0.3) is 17.0 Å². The summed E-state index contributed by atoms with van der Waals surface area (Å²) in [5.74, 6) is -0.639. The van der Waals surface area contributed by atoms with E-state index in [1.165, 1.54) is 12.1 Å². The first-order valence-electron chi connectivity index (χ1n) is 9.75. The lowest BCUT2D eigenvalue weighted by atomic mass is 10.1. The summed E-state index contributed by atoms with van der Waals surface area (Å²) in [7, 11) is 0. The van der Waals surface area contributed by atoms with E-state index in [1.54, 1.807) is 48.5 Å². The van der Waals surface area contributed by atoms with E-state index >= 15 is 0 Å². The molecular formula is C25H16BrClN2O4. The monoisotopic (exact) mass is 522 g/mol. The van der Waals surface area contributed by atoms with E-state index in [2.05, 4.69) is 26.2 Å². The fourth-order valence-electron chi connectivity index (χ4n) is 3.13. The number of nitrogens with one attached hydrogen (secondary N) is 1. The number of halogens is 2. The van der Waals surface area contributed by atoms with E-state index in [9.17, 15) is 14.7 Å². The van der Waals surface area contributed by atoms with E-state index in [-0.39, 0.29) is 16.4 Å². The third kappa shape index (κ3) is 5.39. The van der Waals surface area contributed by atoms with Gasteiger partial charge >= 0.3 is 5.97 Å². The largest absolute Gasteiger partial charge is 0.477 e. The van der Waals surface area contributed by atoms with Gasteiger partial charge in [0.25, 0.3) is 5.91 Å². The highest BCUT2D eigenvalue weighted by Gasteiger charge is 2.17. The van der Waals surface area contributed by atoms with Crippen LogP contribution in [0.1, 0.15) is 15.9 Å². The predicted molar refractivity (Wildman–Crippen MR) is 130 cm³/mol. The minimum Gasteiger partial charge on any atom is -0.477 e. The number of aliphatic carboxylic acids is 1. The second-order valence-electron chi connectivity index (χ2n) is 6.93. The van der Waals surface area contributed by atoms with Crippen molar-refractivity contribution in [2.45, 2.75) is 0 Å². The molecule has 8 heteroatoms. The predicted octanol–water partition coefficient (Wildman–Crippen LogP) is 6.30. The molecule has 0 aliphatic carbocycles. The summed E-state index contributed by atoms with van der Waals surface area (Å²) in [6, 6.07) is 22.6. The zero-order valence-corrected chi connectivity index (χ0v) is 19.3. The Morgan fingerprint density at radius 2 is 1.70 bits per heavy atom. The lowest BCUT2D eigenvalue weighted by Gasteiger charge is -2.10. The number of ether oxygens (including phenoxy) is 1. The van der Waals surface area contributed by atoms with Crippen LogP contribution in [0.5, 0.6) is 11.5 Å². The van der Waals surface area contributed by atoms with Gasteiger partial charge in [-0.2, -0.15) is 0 Å². The number of pyridine rings is 1. The Bertz CT molecular complexity index is 1390. The molecule has 0 bridgehead atoms. The van der Waals surface area contributed by atoms with Gasteiger partial charge in [0.2, 0.25) is 0 Å². The van der Waals surface area contributed by atoms with Crippen molar-refractivity contribution in [1.82, 2.24) is 10.3 Å². The average Bonchev–Trinajstić information content (AvgIpc) is 2.80. The molecule has 0 spiro atoms. The van der Waals surface area contributed by atoms with Crippen molar-refractivity contribution in [3.05, 3.63) is 105 Å². The smallest absolute Gasteiger partial charge is 0.352 e. The van der Waals surface area contributed by atoms with Gasteiger partial charge in [0.05, 0.1) is 15.6 Å². The minimum absolute atomic E-state index is 0.139. The number of nitrogens with zero attached hydrogens (tertiary/aromatic N) is 1. The summed E-state index contributed by atoms with van der Waals surface area (Å²) >= 11 is 9.47. The average molecular weight is 524 g/mol. The van der Waals surface area contributed by atoms with Crippen LogP contribution in [0, 0.1) is 0 Å². The van der Waals surface area contributed by atoms with Gasteiger partial charge in [-0.1, -0.05) is 54.1 Å². The van der Waals surface area contributed by atoms with E-state index in [0.717, 1.165) is 4.47 Å². The van der Waals surface area contributed by atoms with Crippen LogP contribution in [0.3, 0.4) is 0 Å². The third-order valence-electron chi connectivity index (χ3n) is 4.66. The van der Waals surface area contributed by atoms with Crippen molar-refractivity contribution < 1.29 is 19.4 Å². The van der Waals surface area contributed by atoms with Crippen LogP contribution in [0.2, 0.25) is 5.15 Å². The zero-order chi connectivity index (χ0) is 23.4. The van der Waals surface area contributed by atoms with Crippen molar-refractivity contribution in [2.75, 3.05) is 0 Å². The number of amides is 1. The Balaban J connectivity index is 1.57. The van der Waals surface area contributed by atoms with Crippen LogP contribution < -0.4 is 10.1 Å². The van der Waals surface area contributed by atoms with Crippen molar-refractivity contribution in [3.63, 3.8) is 0 Å². The number of benzene rings is 3. The number of carboxylic acids is 1. The van der Waals surface area contributed by atoms with Crippen molar-refractivity contribution >= 4 is 56.4 Å². The van der Waals surface area contributed by atoms with Gasteiger partial charge in [-0.15, -0.1) is 0 Å². The van der Waals surface area contributed by atoms with Crippen molar-refractivity contribution in [3.8, 4) is 11.5 Å². The molecule has 0 aliphatic rings. The number of para-hydroxylation sites is 2. The topological polar surface area (TPSA) is 88.5 Å². The van der Waals surface area contributed by atoms with Gasteiger partial charge in [-0.3, -0.25) is 4.79 Å². The van der Waals surface area contributed by atoms with Crippen LogP contribution in [0.15, 0.2) is 89.0 Å². The van der Waals surface area contributed by atoms with Crippen LogP contribution >= 0.6 is 27.5 Å². The molecule has 6 nitrogen and oxygen atoms in total. The Morgan fingerprint density at radius 1 is 1.00 bits per heavy atom. The lowest BCUT2D eigenvalue weighted by Crippen LogP contribution is -2.27. The molecule has 164 valence electrons. The summed E-state index contributed by atoms with van der Waals surface area (Å²) in [5.41, 5.74) is 1.06. The van der Waals surface area contributed by atoms with Gasteiger partial charge in [-0.05, 0) is 64.0 Å². The molecule has 0 saturated heterocycles. The quantitative estimate of drug-likeness (QED) is 0.229. The molecule has 0 aliphatic heterocycles. The maximum Gasteiger partial charge on any atom is 0.352 e. The molecule has 1 amide bonds. The van der Waals surface area contributed by atoms with E-state index in [1.807, 2.05) is 24.3 Å². The zero-order valence-electron chi connectivity index (χ0n) is 17.0. The number of carboxylic acid groups (broad SMARTS) is 1. The molecule has 4 rings (SSSR count).